The third-order valence-electron chi connectivity index (χ3n) is 4.02. The van der Waals surface area contributed by atoms with E-state index in [4.69, 9.17) is 13.7 Å². The molecule has 28 heavy (non-hydrogen) atoms. The second kappa shape index (κ2) is 5.72. The van der Waals surface area contributed by atoms with E-state index in [1.807, 2.05) is 5.32 Å². The Labute approximate surface area is 172 Å². The zero-order valence-electron chi connectivity index (χ0n) is 23.5. The zero-order valence-corrected chi connectivity index (χ0v) is 13.5. The molecule has 3 aromatic carbocycles. The highest BCUT2D eigenvalue weighted by Gasteiger charge is 2.30. The lowest BCUT2D eigenvalue weighted by Gasteiger charge is -2.08. The van der Waals surface area contributed by atoms with Crippen LogP contribution in [0.2, 0.25) is 0 Å². The van der Waals surface area contributed by atoms with E-state index in [1.54, 1.807) is 0 Å². The first-order valence-corrected chi connectivity index (χ1v) is 7.72. The Kier molecular flexibility index (Phi) is 1.79. The summed E-state index contributed by atoms with van der Waals surface area (Å²) in [5.41, 5.74) is -5.15. The Morgan fingerprint density at radius 3 is 1.86 bits per heavy atom. The van der Waals surface area contributed by atoms with Crippen LogP contribution in [0.4, 0.5) is 0 Å². The maximum Gasteiger partial charge on any atom is 0.346 e. The second-order valence-electron chi connectivity index (χ2n) is 5.71. The van der Waals surface area contributed by atoms with Crippen molar-refractivity contribution in [2.75, 3.05) is 0 Å². The summed E-state index contributed by atoms with van der Waals surface area (Å²) in [4.78, 5) is 48.6. The quantitative estimate of drug-likeness (QED) is 0.419. The fourth-order valence-corrected chi connectivity index (χ4v) is 2.72. The van der Waals surface area contributed by atoms with Crippen molar-refractivity contribution in [1.82, 2.24) is 5.32 Å². The molecule has 0 saturated heterocycles. The summed E-state index contributed by atoms with van der Waals surface area (Å²) < 4.78 is 88.3. The number of carbonyl (C=O) groups is 4. The molecule has 0 spiro atoms. The standard InChI is InChI=1S/C22H11NO5/c24-19-15-6-4-13(9-17(15)20(25)23-19)11-2-1-3-12(8-11)14-5-7-16-18(10-14)22(27)28-21(16)26/h1-10H,(H,23,24,25)/i1D,2D,3D,4D,5D,6D,7D,8D,9D,10D. The van der Waals surface area contributed by atoms with Crippen LogP contribution in [0.25, 0.3) is 22.3 Å². The number of hydrogen-bond acceptors (Lipinski definition) is 5. The molecule has 0 aliphatic carbocycles. The summed E-state index contributed by atoms with van der Waals surface area (Å²) in [6.07, 6.45) is 0. The normalized spacial score (nSPS) is 19.6. The Balaban J connectivity index is 1.94. The van der Waals surface area contributed by atoms with Gasteiger partial charge in [0, 0.05) is 0 Å². The third-order valence-corrected chi connectivity index (χ3v) is 4.02. The Bertz CT molecular complexity index is 1630. The van der Waals surface area contributed by atoms with Crippen LogP contribution in [-0.4, -0.2) is 23.8 Å². The van der Waals surface area contributed by atoms with Gasteiger partial charge in [-0.05, 0) is 52.5 Å². The molecule has 6 nitrogen and oxygen atoms in total. The summed E-state index contributed by atoms with van der Waals surface area (Å²) >= 11 is 0. The molecule has 0 radical (unpaired) electrons. The molecule has 134 valence electrons. The maximum absolute atomic E-state index is 12.3. The van der Waals surface area contributed by atoms with Crippen molar-refractivity contribution in [3.63, 3.8) is 0 Å². The van der Waals surface area contributed by atoms with Gasteiger partial charge < -0.3 is 4.74 Å². The molecule has 2 aliphatic rings. The first-order chi connectivity index (χ1) is 17.7. The number of benzene rings is 3. The molecule has 2 heterocycles. The molecule has 0 saturated carbocycles. The predicted molar refractivity (Wildman–Crippen MR) is 98.9 cm³/mol. The predicted octanol–water partition coefficient (Wildman–Crippen LogP) is 3.21. The van der Waals surface area contributed by atoms with Gasteiger partial charge in [-0.1, -0.05) is 30.2 Å². The minimum Gasteiger partial charge on any atom is -0.386 e. The molecule has 0 unspecified atom stereocenters. The lowest BCUT2D eigenvalue weighted by molar-refractivity contribution is 0.0443. The van der Waals surface area contributed by atoms with Gasteiger partial charge in [0.05, 0.1) is 36.0 Å². The molecule has 1 N–H and O–H groups in total. The van der Waals surface area contributed by atoms with Crippen molar-refractivity contribution in [3.8, 4) is 22.3 Å². The molecule has 5 rings (SSSR count). The third kappa shape index (κ3) is 2.35. The van der Waals surface area contributed by atoms with Crippen LogP contribution in [0.3, 0.4) is 0 Å². The van der Waals surface area contributed by atoms with E-state index in [9.17, 15) is 19.2 Å². The highest BCUT2D eigenvalue weighted by Crippen LogP contribution is 2.31. The van der Waals surface area contributed by atoms with Crippen molar-refractivity contribution in [1.29, 1.82) is 0 Å². The largest absolute Gasteiger partial charge is 0.386 e. The fourth-order valence-electron chi connectivity index (χ4n) is 2.72. The Morgan fingerprint density at radius 2 is 1.14 bits per heavy atom. The minimum atomic E-state index is -1.29. The number of fused-ring (bicyclic) bond motifs is 2. The van der Waals surface area contributed by atoms with Gasteiger partial charge in [-0.2, -0.15) is 0 Å². The number of cyclic esters (lactones) is 2. The van der Waals surface area contributed by atoms with E-state index in [1.165, 1.54) is 0 Å². The molecule has 0 bridgehead atoms. The topological polar surface area (TPSA) is 89.5 Å². The lowest BCUT2D eigenvalue weighted by Crippen LogP contribution is -2.19. The average molecular weight is 379 g/mol. The van der Waals surface area contributed by atoms with Crippen LogP contribution in [0.5, 0.6) is 0 Å². The molecule has 3 aromatic rings. The van der Waals surface area contributed by atoms with Crippen LogP contribution in [-0.2, 0) is 4.74 Å². The Morgan fingerprint density at radius 1 is 0.607 bits per heavy atom. The number of imide groups is 1. The highest BCUT2D eigenvalue weighted by molar-refractivity contribution is 6.22. The van der Waals surface area contributed by atoms with Crippen molar-refractivity contribution < 1.29 is 37.6 Å². The first kappa shape index (κ1) is 8.75. The highest BCUT2D eigenvalue weighted by atomic mass is 16.6. The van der Waals surface area contributed by atoms with Crippen molar-refractivity contribution in [3.05, 3.63) is 82.7 Å². The van der Waals surface area contributed by atoms with Crippen LogP contribution in [0.15, 0.2) is 60.4 Å². The summed E-state index contributed by atoms with van der Waals surface area (Å²) in [5.74, 6) is -4.60. The van der Waals surface area contributed by atoms with E-state index >= 15 is 0 Å². The summed E-state index contributed by atoms with van der Waals surface area (Å²) in [6.45, 7) is 0. The maximum atomic E-state index is 12.3. The molecule has 0 aromatic heterocycles. The van der Waals surface area contributed by atoms with Gasteiger partial charge in [0.25, 0.3) is 11.8 Å². The van der Waals surface area contributed by atoms with Crippen LogP contribution >= 0.6 is 0 Å². The monoisotopic (exact) mass is 379 g/mol. The fraction of sp³-hybridized carbons (Fsp3) is 0. The molecular weight excluding hydrogens is 358 g/mol. The number of nitrogens with one attached hydrogen (secondary N) is 1. The van der Waals surface area contributed by atoms with Gasteiger partial charge in [-0.15, -0.1) is 0 Å². The molecule has 6 heteroatoms. The number of esters is 2. The molecule has 0 fully saturated rings. The van der Waals surface area contributed by atoms with E-state index in [2.05, 4.69) is 4.74 Å². The van der Waals surface area contributed by atoms with Crippen LogP contribution < -0.4 is 5.32 Å². The van der Waals surface area contributed by atoms with E-state index < -0.39 is 129 Å². The second-order valence-corrected chi connectivity index (χ2v) is 5.71. The van der Waals surface area contributed by atoms with E-state index in [0.717, 1.165) is 0 Å². The Hall–Kier alpha value is -4.06. The van der Waals surface area contributed by atoms with Gasteiger partial charge in [0.1, 0.15) is 0 Å². The number of ether oxygens (including phenoxy) is 1. The number of rotatable bonds is 2. The van der Waals surface area contributed by atoms with E-state index in [-0.39, 0.29) is 0 Å². The molecule has 2 aliphatic heterocycles. The minimum absolute atomic E-state index is 0.544. The van der Waals surface area contributed by atoms with Crippen molar-refractivity contribution in [2.45, 2.75) is 0 Å². The average Bonchev–Trinajstić information content (AvgIpc) is 3.32. The van der Waals surface area contributed by atoms with Gasteiger partial charge in [-0.25, -0.2) is 9.59 Å². The molecule has 0 atom stereocenters. The van der Waals surface area contributed by atoms with Crippen LogP contribution in [0, 0.1) is 0 Å². The molecule has 2 amide bonds. The summed E-state index contributed by atoms with van der Waals surface area (Å²) in [5, 5.41) is 1.91. The van der Waals surface area contributed by atoms with Crippen molar-refractivity contribution >= 4 is 23.8 Å². The number of hydrogen-bond donors (Lipinski definition) is 1. The van der Waals surface area contributed by atoms with E-state index in [0.29, 0.717) is 0 Å². The zero-order chi connectivity index (χ0) is 28.1. The smallest absolute Gasteiger partial charge is 0.346 e. The summed E-state index contributed by atoms with van der Waals surface area (Å²) in [7, 11) is 0. The van der Waals surface area contributed by atoms with Gasteiger partial charge >= 0.3 is 11.9 Å². The summed E-state index contributed by atoms with van der Waals surface area (Å²) in [6, 6.07) is -8.43. The lowest BCUT2D eigenvalue weighted by atomic mass is 9.95. The van der Waals surface area contributed by atoms with Crippen LogP contribution in [0.1, 0.15) is 55.1 Å². The number of carbonyl (C=O) groups excluding carboxylic acids is 4. The first-order valence-electron chi connectivity index (χ1n) is 12.7. The van der Waals surface area contributed by atoms with Gasteiger partial charge in [0.2, 0.25) is 0 Å². The van der Waals surface area contributed by atoms with Crippen molar-refractivity contribution in [2.24, 2.45) is 0 Å². The number of amides is 2. The molecular formula is C22H11NO5. The SMILES string of the molecule is [2H]c1c([2H])c(-c2c([2H])c([2H])c3c(c2[2H])C(=O)NC3=O)c([2H])c(-c2c([2H])c([2H])c3c(c2[2H])C(=O)OC3=O)c1[2H]. The van der Waals surface area contributed by atoms with Gasteiger partial charge in [0.15, 0.2) is 0 Å². The van der Waals surface area contributed by atoms with Gasteiger partial charge in [-0.3, -0.25) is 14.9 Å².